The molecule has 2 aromatic rings. The summed E-state index contributed by atoms with van der Waals surface area (Å²) in [5.41, 5.74) is 2.11. The summed E-state index contributed by atoms with van der Waals surface area (Å²) in [5, 5.41) is 20.7. The molecule has 0 radical (unpaired) electrons. The number of hydrogen-bond donors (Lipinski definition) is 0. The molecule has 2 atom stereocenters. The van der Waals surface area contributed by atoms with E-state index >= 15 is 0 Å². The third-order valence-electron chi connectivity index (χ3n) is 11.5. The van der Waals surface area contributed by atoms with E-state index < -0.39 is 11.9 Å². The van der Waals surface area contributed by atoms with Crippen LogP contribution in [0.2, 0.25) is 0 Å². The van der Waals surface area contributed by atoms with Gasteiger partial charge in [0.25, 0.3) is 0 Å². The van der Waals surface area contributed by atoms with Crippen molar-refractivity contribution >= 4 is 72.8 Å². The molecule has 0 aliphatic heterocycles. The number of ether oxygens (including phenoxy) is 4. The second-order valence-corrected chi connectivity index (χ2v) is 17.3. The van der Waals surface area contributed by atoms with E-state index in [4.69, 9.17) is 18.9 Å². The Kier molecular flexibility index (Phi) is 45.3. The second kappa shape index (κ2) is 46.9. The van der Waals surface area contributed by atoms with Crippen molar-refractivity contribution in [1.29, 1.82) is 0 Å². The molecule has 0 aliphatic carbocycles. The van der Waals surface area contributed by atoms with E-state index in [1.807, 2.05) is 60.7 Å². The molecule has 11 heteroatoms. The van der Waals surface area contributed by atoms with Crippen LogP contribution in [-0.2, 0) is 51.3 Å². The van der Waals surface area contributed by atoms with Crippen molar-refractivity contribution < 1.29 is 48.3 Å². The van der Waals surface area contributed by atoms with Gasteiger partial charge in [0.05, 0.1) is 13.2 Å². The van der Waals surface area contributed by atoms with Gasteiger partial charge in [-0.15, -0.1) is 0 Å². The Hall–Kier alpha value is -2.19. The average Bonchev–Trinajstić information content (AvgIpc) is 3.29. The maximum absolute atomic E-state index is 12.0. The van der Waals surface area contributed by atoms with Crippen LogP contribution in [0.4, 0.5) is 0 Å². The first-order chi connectivity index (χ1) is 31.2. The van der Waals surface area contributed by atoms with Gasteiger partial charge in [-0.2, -0.15) is 0 Å². The van der Waals surface area contributed by atoms with Gasteiger partial charge in [0, 0.05) is 11.9 Å². The molecule has 0 heterocycles. The largest absolute Gasteiger partial charge is 2.00 e. The van der Waals surface area contributed by atoms with Gasteiger partial charge in [0.1, 0.15) is 25.4 Å². The molecule has 0 fully saturated rings. The number of esters is 2. The fourth-order valence-corrected chi connectivity index (χ4v) is 7.60. The zero-order valence-electron chi connectivity index (χ0n) is 40.8. The number of carboxylic acid groups (broad SMARTS) is 2. The number of carbonyl (C=O) groups excluding carboxylic acids is 4. The maximum atomic E-state index is 12.0. The molecule has 0 N–H and O–H groups in total. The van der Waals surface area contributed by atoms with Gasteiger partial charge >= 0.3 is 60.8 Å². The molecular weight excluding hydrogens is 946 g/mol. The number of rotatable bonds is 42. The van der Waals surface area contributed by atoms with Crippen LogP contribution in [0.25, 0.3) is 0 Å². The van der Waals surface area contributed by atoms with E-state index in [0.29, 0.717) is 13.2 Å². The van der Waals surface area contributed by atoms with Crippen molar-refractivity contribution in [2.24, 2.45) is 0 Å². The molecule has 0 spiro atoms. The van der Waals surface area contributed by atoms with E-state index in [0.717, 1.165) is 88.2 Å². The van der Waals surface area contributed by atoms with E-state index in [-0.39, 0.29) is 99.1 Å². The number of carbonyl (C=O) groups is 4. The summed E-state index contributed by atoms with van der Waals surface area (Å²) in [6, 6.07) is 19.7. The molecule has 0 saturated carbocycles. The van der Waals surface area contributed by atoms with Crippen LogP contribution in [-0.4, -0.2) is 98.2 Å². The predicted molar refractivity (Wildman–Crippen MR) is 258 cm³/mol. The molecule has 2 rings (SSSR count). The van der Waals surface area contributed by atoms with Crippen molar-refractivity contribution in [3.8, 4) is 0 Å². The SMILES string of the molecule is CCC(CCCCCCCCCCCCCCC(=O)[O-])OC(=O)COCc1ccccc1.CCC(CCCCCCCCCCCCCCC(=O)[O-])OC(=O)COCc1ccccc1.[Ba+2]. The average molecular weight is 1030 g/mol. The molecule has 10 nitrogen and oxygen atoms in total. The zero-order chi connectivity index (χ0) is 46.6. The number of unbranched alkanes of at least 4 members (excludes halogenated alkanes) is 22. The molecule has 0 bridgehead atoms. The summed E-state index contributed by atoms with van der Waals surface area (Å²) in [6.45, 7) is 4.99. The van der Waals surface area contributed by atoms with Crippen LogP contribution in [0.15, 0.2) is 60.7 Å². The van der Waals surface area contributed by atoms with Gasteiger partial charge in [-0.3, -0.25) is 0 Å². The Morgan fingerprint density at radius 1 is 0.415 bits per heavy atom. The molecule has 0 aliphatic rings. The van der Waals surface area contributed by atoms with Gasteiger partial charge in [-0.05, 0) is 75.3 Å². The van der Waals surface area contributed by atoms with Crippen LogP contribution in [0.3, 0.4) is 0 Å². The topological polar surface area (TPSA) is 151 Å². The summed E-state index contributed by atoms with van der Waals surface area (Å²) in [5.74, 6) is -2.40. The Balaban J connectivity index is 0.00000124. The van der Waals surface area contributed by atoms with Crippen LogP contribution in [0.5, 0.6) is 0 Å². The first-order valence-electron chi connectivity index (χ1n) is 25.2. The second-order valence-electron chi connectivity index (χ2n) is 17.3. The Bertz CT molecular complexity index is 1290. The monoisotopic (exact) mass is 1030 g/mol. The normalized spacial score (nSPS) is 11.7. The van der Waals surface area contributed by atoms with Crippen LogP contribution in [0.1, 0.15) is 218 Å². The fraction of sp³-hybridized carbons (Fsp3) is 0.704. The smallest absolute Gasteiger partial charge is 0.550 e. The molecule has 65 heavy (non-hydrogen) atoms. The van der Waals surface area contributed by atoms with Gasteiger partial charge in [0.15, 0.2) is 0 Å². The Labute approximate surface area is 434 Å². The van der Waals surface area contributed by atoms with E-state index in [9.17, 15) is 29.4 Å². The van der Waals surface area contributed by atoms with Crippen LogP contribution in [0, 0.1) is 0 Å². The molecular formula is C54H86BaO10. The zero-order valence-corrected chi connectivity index (χ0v) is 45.2. The van der Waals surface area contributed by atoms with Gasteiger partial charge in [-0.25, -0.2) is 9.59 Å². The van der Waals surface area contributed by atoms with Crippen LogP contribution >= 0.6 is 0 Å². The summed E-state index contributed by atoms with van der Waals surface area (Å²) in [4.78, 5) is 44.6. The van der Waals surface area contributed by atoms with Crippen molar-refractivity contribution in [2.75, 3.05) is 13.2 Å². The van der Waals surface area contributed by atoms with Crippen molar-refractivity contribution in [1.82, 2.24) is 0 Å². The summed E-state index contributed by atoms with van der Waals surface area (Å²) >= 11 is 0. The summed E-state index contributed by atoms with van der Waals surface area (Å²) < 4.78 is 22.0. The van der Waals surface area contributed by atoms with Gasteiger partial charge in [0.2, 0.25) is 0 Å². The summed E-state index contributed by atoms with van der Waals surface area (Å²) in [7, 11) is 0. The third-order valence-corrected chi connectivity index (χ3v) is 11.5. The molecule has 2 unspecified atom stereocenters. The van der Waals surface area contributed by atoms with E-state index in [1.54, 1.807) is 0 Å². The Morgan fingerprint density at radius 2 is 0.677 bits per heavy atom. The molecule has 2 aromatic carbocycles. The summed E-state index contributed by atoms with van der Waals surface area (Å²) in [6.07, 6.45) is 32.0. The van der Waals surface area contributed by atoms with E-state index in [2.05, 4.69) is 13.8 Å². The first kappa shape index (κ1) is 62.8. The van der Waals surface area contributed by atoms with Crippen LogP contribution < -0.4 is 10.2 Å². The fourth-order valence-electron chi connectivity index (χ4n) is 7.60. The molecule has 0 amide bonds. The minimum atomic E-state index is -0.930. The van der Waals surface area contributed by atoms with Crippen molar-refractivity contribution in [3.63, 3.8) is 0 Å². The molecule has 364 valence electrons. The Morgan fingerprint density at radius 3 is 0.938 bits per heavy atom. The molecule has 0 aromatic heterocycles. The predicted octanol–water partition coefficient (Wildman–Crippen LogP) is 11.1. The quantitative estimate of drug-likeness (QED) is 0.0357. The maximum Gasteiger partial charge on any atom is 2.00 e. The van der Waals surface area contributed by atoms with Gasteiger partial charge in [-0.1, -0.05) is 203 Å². The number of benzene rings is 2. The van der Waals surface area contributed by atoms with E-state index in [1.165, 1.54) is 103 Å². The minimum absolute atomic E-state index is 0. The number of hydrogen-bond acceptors (Lipinski definition) is 10. The number of carboxylic acids is 2. The van der Waals surface area contributed by atoms with Crippen molar-refractivity contribution in [2.45, 2.75) is 232 Å². The number of aliphatic carboxylic acids is 2. The molecule has 0 saturated heterocycles. The minimum Gasteiger partial charge on any atom is -0.550 e. The van der Waals surface area contributed by atoms with Crippen molar-refractivity contribution in [3.05, 3.63) is 71.8 Å². The first-order valence-corrected chi connectivity index (χ1v) is 25.2. The standard InChI is InChI=1S/2C27H44O5.Ba/c2*1-2-25(32-27(30)23-31-22-24-18-14-13-15-19-24)20-16-11-9-7-5-3-4-6-8-10-12-17-21-26(28)29;/h2*13-15,18-19,25H,2-12,16-17,20-23H2,1H3,(H,28,29);/q;;+2/p-2. The van der Waals surface area contributed by atoms with Gasteiger partial charge < -0.3 is 38.7 Å². The third kappa shape index (κ3) is 42.9.